The summed E-state index contributed by atoms with van der Waals surface area (Å²) in [5.74, 6) is 0.423. The number of hydrogen-bond acceptors (Lipinski definition) is 4. The molecule has 0 fully saturated rings. The second-order valence-electron chi connectivity index (χ2n) is 6.36. The SMILES string of the molecule is CCCCCCCCOc1cc(O)c2c(=O)c3ccccc3oc2c1. The maximum absolute atomic E-state index is 12.5. The van der Waals surface area contributed by atoms with E-state index in [0.29, 0.717) is 28.9 Å². The Labute approximate surface area is 147 Å². The number of ether oxygens (including phenoxy) is 1. The summed E-state index contributed by atoms with van der Waals surface area (Å²) in [5.41, 5.74) is 0.631. The predicted octanol–water partition coefficient (Wildman–Crippen LogP) is 5.39. The van der Waals surface area contributed by atoms with Crippen LogP contribution in [0.15, 0.2) is 45.6 Å². The molecule has 0 atom stereocenters. The van der Waals surface area contributed by atoms with Gasteiger partial charge in [0.25, 0.3) is 0 Å². The van der Waals surface area contributed by atoms with Gasteiger partial charge in [-0.15, -0.1) is 0 Å². The Morgan fingerprint density at radius 1 is 1.00 bits per heavy atom. The molecule has 1 heterocycles. The highest BCUT2D eigenvalue weighted by atomic mass is 16.5. The molecule has 3 aromatic rings. The molecular formula is C21H24O4. The monoisotopic (exact) mass is 340 g/mol. The van der Waals surface area contributed by atoms with E-state index < -0.39 is 0 Å². The molecule has 4 nitrogen and oxygen atoms in total. The normalized spacial score (nSPS) is 11.2. The minimum absolute atomic E-state index is 0.102. The average molecular weight is 340 g/mol. The van der Waals surface area contributed by atoms with Crippen LogP contribution in [-0.2, 0) is 0 Å². The van der Waals surface area contributed by atoms with E-state index in [0.717, 1.165) is 12.8 Å². The molecule has 1 N–H and O–H groups in total. The quantitative estimate of drug-likeness (QED) is 0.441. The van der Waals surface area contributed by atoms with Crippen molar-refractivity contribution >= 4 is 21.9 Å². The third-order valence-electron chi connectivity index (χ3n) is 4.40. The molecule has 0 bridgehead atoms. The maximum atomic E-state index is 12.5. The Morgan fingerprint density at radius 2 is 1.76 bits per heavy atom. The molecule has 0 saturated carbocycles. The molecule has 25 heavy (non-hydrogen) atoms. The summed E-state index contributed by atoms with van der Waals surface area (Å²) in [6.45, 7) is 2.80. The van der Waals surface area contributed by atoms with E-state index in [1.807, 2.05) is 6.07 Å². The Hall–Kier alpha value is -2.49. The number of rotatable bonds is 8. The van der Waals surface area contributed by atoms with Crippen LogP contribution in [0, 0.1) is 0 Å². The van der Waals surface area contributed by atoms with Gasteiger partial charge in [0.1, 0.15) is 28.1 Å². The van der Waals surface area contributed by atoms with Gasteiger partial charge < -0.3 is 14.3 Å². The Bertz CT molecular complexity index is 911. The van der Waals surface area contributed by atoms with E-state index in [1.165, 1.54) is 31.7 Å². The van der Waals surface area contributed by atoms with E-state index in [2.05, 4.69) is 6.92 Å². The van der Waals surface area contributed by atoms with Crippen molar-refractivity contribution in [2.45, 2.75) is 45.4 Å². The fourth-order valence-corrected chi connectivity index (χ4v) is 3.04. The van der Waals surface area contributed by atoms with Gasteiger partial charge in [-0.25, -0.2) is 0 Å². The second-order valence-corrected chi connectivity index (χ2v) is 6.36. The van der Waals surface area contributed by atoms with Gasteiger partial charge in [0, 0.05) is 12.1 Å². The number of phenols is 1. The summed E-state index contributed by atoms with van der Waals surface area (Å²) in [6.07, 6.45) is 7.13. The number of aromatic hydroxyl groups is 1. The third kappa shape index (κ3) is 3.95. The maximum Gasteiger partial charge on any atom is 0.204 e. The van der Waals surface area contributed by atoms with Gasteiger partial charge in [-0.2, -0.15) is 0 Å². The van der Waals surface area contributed by atoms with Crippen LogP contribution in [-0.4, -0.2) is 11.7 Å². The molecule has 0 aliphatic heterocycles. The van der Waals surface area contributed by atoms with Crippen molar-refractivity contribution in [2.24, 2.45) is 0 Å². The van der Waals surface area contributed by atoms with Crippen LogP contribution >= 0.6 is 0 Å². The molecule has 0 amide bonds. The predicted molar refractivity (Wildman–Crippen MR) is 101 cm³/mol. The lowest BCUT2D eigenvalue weighted by atomic mass is 10.1. The molecule has 0 radical (unpaired) electrons. The first-order valence-corrected chi connectivity index (χ1v) is 9.02. The largest absolute Gasteiger partial charge is 0.507 e. The molecule has 0 spiro atoms. The van der Waals surface area contributed by atoms with Crippen LogP contribution in [0.5, 0.6) is 11.5 Å². The van der Waals surface area contributed by atoms with E-state index >= 15 is 0 Å². The fraction of sp³-hybridized carbons (Fsp3) is 0.381. The van der Waals surface area contributed by atoms with Crippen molar-refractivity contribution < 1.29 is 14.3 Å². The highest BCUT2D eigenvalue weighted by Gasteiger charge is 2.13. The second kappa shape index (κ2) is 8.06. The van der Waals surface area contributed by atoms with Crippen LogP contribution in [0.1, 0.15) is 45.4 Å². The Balaban J connectivity index is 1.75. The zero-order valence-electron chi connectivity index (χ0n) is 14.6. The van der Waals surface area contributed by atoms with Gasteiger partial charge in [0.05, 0.1) is 12.0 Å². The highest BCUT2D eigenvalue weighted by Crippen LogP contribution is 2.30. The van der Waals surface area contributed by atoms with Crippen LogP contribution in [0.25, 0.3) is 21.9 Å². The molecule has 0 aliphatic rings. The Kier molecular flexibility index (Phi) is 5.59. The summed E-state index contributed by atoms with van der Waals surface area (Å²) in [6, 6.07) is 10.2. The minimum Gasteiger partial charge on any atom is -0.507 e. The first-order chi connectivity index (χ1) is 12.2. The van der Waals surface area contributed by atoms with Crippen molar-refractivity contribution in [3.63, 3.8) is 0 Å². The van der Waals surface area contributed by atoms with Crippen molar-refractivity contribution in [2.75, 3.05) is 6.61 Å². The first kappa shape index (κ1) is 17.3. The lowest BCUT2D eigenvalue weighted by Gasteiger charge is -2.09. The molecule has 0 unspecified atom stereocenters. The third-order valence-corrected chi connectivity index (χ3v) is 4.40. The van der Waals surface area contributed by atoms with Crippen molar-refractivity contribution in [3.8, 4) is 11.5 Å². The number of fused-ring (bicyclic) bond motifs is 2. The molecule has 1 aromatic heterocycles. The molecule has 4 heteroatoms. The van der Waals surface area contributed by atoms with Crippen LogP contribution in [0.3, 0.4) is 0 Å². The smallest absolute Gasteiger partial charge is 0.204 e. The van der Waals surface area contributed by atoms with Crippen LogP contribution in [0.4, 0.5) is 0 Å². The van der Waals surface area contributed by atoms with Gasteiger partial charge in [-0.05, 0) is 18.6 Å². The molecular weight excluding hydrogens is 316 g/mol. The van der Waals surface area contributed by atoms with Crippen molar-refractivity contribution in [3.05, 3.63) is 46.6 Å². The lowest BCUT2D eigenvalue weighted by Crippen LogP contribution is -2.03. The van der Waals surface area contributed by atoms with E-state index in [-0.39, 0.29) is 16.6 Å². The van der Waals surface area contributed by atoms with Crippen molar-refractivity contribution in [1.82, 2.24) is 0 Å². The number of unbranched alkanes of at least 4 members (excludes halogenated alkanes) is 5. The van der Waals surface area contributed by atoms with Crippen LogP contribution < -0.4 is 10.2 Å². The number of para-hydroxylation sites is 1. The van der Waals surface area contributed by atoms with Gasteiger partial charge in [-0.1, -0.05) is 51.2 Å². The molecule has 2 aromatic carbocycles. The zero-order chi connectivity index (χ0) is 17.6. The zero-order valence-corrected chi connectivity index (χ0v) is 14.6. The minimum atomic E-state index is -0.225. The first-order valence-electron chi connectivity index (χ1n) is 9.02. The Morgan fingerprint density at radius 3 is 2.60 bits per heavy atom. The molecule has 0 aliphatic carbocycles. The van der Waals surface area contributed by atoms with Gasteiger partial charge in [0.15, 0.2) is 0 Å². The highest BCUT2D eigenvalue weighted by molar-refractivity contribution is 5.93. The molecule has 0 saturated heterocycles. The molecule has 132 valence electrons. The number of benzene rings is 2. The summed E-state index contributed by atoms with van der Waals surface area (Å²) in [7, 11) is 0. The standard InChI is InChI=1S/C21H24O4/c1-2-3-4-5-6-9-12-24-15-13-17(22)20-19(14-15)25-18-11-8-7-10-16(18)21(20)23/h7-8,10-11,13-14,22H,2-6,9,12H2,1H3. The van der Waals surface area contributed by atoms with E-state index in [4.69, 9.17) is 9.15 Å². The molecule has 3 rings (SSSR count). The van der Waals surface area contributed by atoms with Crippen LogP contribution in [0.2, 0.25) is 0 Å². The van der Waals surface area contributed by atoms with Gasteiger partial charge in [0.2, 0.25) is 5.43 Å². The average Bonchev–Trinajstić information content (AvgIpc) is 2.61. The number of hydrogen-bond donors (Lipinski definition) is 1. The number of phenolic OH excluding ortho intramolecular Hbond substituents is 1. The fourth-order valence-electron chi connectivity index (χ4n) is 3.04. The summed E-state index contributed by atoms with van der Waals surface area (Å²) >= 11 is 0. The summed E-state index contributed by atoms with van der Waals surface area (Å²) in [5, 5.41) is 10.9. The van der Waals surface area contributed by atoms with Gasteiger partial charge in [-0.3, -0.25) is 4.79 Å². The van der Waals surface area contributed by atoms with Crippen molar-refractivity contribution in [1.29, 1.82) is 0 Å². The van der Waals surface area contributed by atoms with E-state index in [9.17, 15) is 9.90 Å². The van der Waals surface area contributed by atoms with Gasteiger partial charge >= 0.3 is 0 Å². The topological polar surface area (TPSA) is 59.7 Å². The summed E-state index contributed by atoms with van der Waals surface area (Å²) < 4.78 is 11.5. The lowest BCUT2D eigenvalue weighted by molar-refractivity contribution is 0.303. The summed E-state index contributed by atoms with van der Waals surface area (Å²) in [4.78, 5) is 12.5. The van der Waals surface area contributed by atoms with E-state index in [1.54, 1.807) is 24.3 Å².